The van der Waals surface area contributed by atoms with E-state index in [2.05, 4.69) is 10.3 Å². The monoisotopic (exact) mass is 302 g/mol. The number of pyridine rings is 1. The first kappa shape index (κ1) is 15.2. The highest BCUT2D eigenvalue weighted by atomic mass is 32.1. The average molecular weight is 302 g/mol. The van der Waals surface area contributed by atoms with Crippen LogP contribution in [-0.4, -0.2) is 40.9 Å². The maximum atomic E-state index is 12.0. The number of nitrogens with zero attached hydrogens (tertiary/aromatic N) is 2. The number of thiocarbonyl (C=S) groups is 1. The van der Waals surface area contributed by atoms with E-state index in [4.69, 9.17) is 18.0 Å². The van der Waals surface area contributed by atoms with Crippen molar-refractivity contribution in [2.75, 3.05) is 19.4 Å². The van der Waals surface area contributed by atoms with E-state index in [0.717, 1.165) is 16.6 Å². The highest BCUT2D eigenvalue weighted by molar-refractivity contribution is 7.80. The molecular formula is C15H18N4OS. The molecule has 21 heavy (non-hydrogen) atoms. The highest BCUT2D eigenvalue weighted by Crippen LogP contribution is 2.26. The zero-order valence-electron chi connectivity index (χ0n) is 12.3. The van der Waals surface area contributed by atoms with Crippen LogP contribution in [0.5, 0.6) is 0 Å². The van der Waals surface area contributed by atoms with Gasteiger partial charge in [0.15, 0.2) is 0 Å². The molecule has 2 rings (SSSR count). The van der Waals surface area contributed by atoms with Crippen molar-refractivity contribution in [1.29, 1.82) is 0 Å². The van der Waals surface area contributed by atoms with E-state index in [1.54, 1.807) is 32.1 Å². The van der Waals surface area contributed by atoms with E-state index in [0.29, 0.717) is 5.56 Å². The number of hydrogen-bond donors (Lipinski definition) is 2. The summed E-state index contributed by atoms with van der Waals surface area (Å²) in [5, 5.41) is 4.11. The second-order valence-corrected chi connectivity index (χ2v) is 5.47. The third kappa shape index (κ3) is 3.11. The van der Waals surface area contributed by atoms with Crippen LogP contribution in [0.4, 0.5) is 5.69 Å². The third-order valence-corrected chi connectivity index (χ3v) is 3.43. The maximum absolute atomic E-state index is 12.0. The van der Waals surface area contributed by atoms with Crippen LogP contribution in [-0.2, 0) is 4.79 Å². The molecule has 1 unspecified atom stereocenters. The van der Waals surface area contributed by atoms with Crippen LogP contribution < -0.4 is 11.1 Å². The number of anilines is 1. The molecule has 0 aliphatic heterocycles. The molecule has 0 radical (unpaired) electrons. The van der Waals surface area contributed by atoms with Crippen molar-refractivity contribution in [2.45, 2.75) is 13.0 Å². The Morgan fingerprint density at radius 1 is 1.38 bits per heavy atom. The lowest BCUT2D eigenvalue weighted by atomic mass is 10.1. The Labute approximate surface area is 129 Å². The minimum atomic E-state index is -0.390. The lowest BCUT2D eigenvalue weighted by Gasteiger charge is -2.21. The van der Waals surface area contributed by atoms with Gasteiger partial charge in [0, 0.05) is 25.7 Å². The van der Waals surface area contributed by atoms with Gasteiger partial charge in [0.25, 0.3) is 0 Å². The van der Waals surface area contributed by atoms with Gasteiger partial charge in [-0.25, -0.2) is 0 Å². The summed E-state index contributed by atoms with van der Waals surface area (Å²) in [5.41, 5.74) is 7.98. The van der Waals surface area contributed by atoms with Gasteiger partial charge in [-0.1, -0.05) is 30.4 Å². The molecule has 1 aromatic carbocycles. The lowest BCUT2D eigenvalue weighted by molar-refractivity contribution is -0.129. The fourth-order valence-electron chi connectivity index (χ4n) is 2.15. The Kier molecular flexibility index (Phi) is 4.37. The number of benzene rings is 1. The molecule has 0 aliphatic carbocycles. The van der Waals surface area contributed by atoms with Crippen LogP contribution >= 0.6 is 12.2 Å². The Bertz CT molecular complexity index is 699. The van der Waals surface area contributed by atoms with Crippen LogP contribution in [0.15, 0.2) is 30.5 Å². The normalized spacial score (nSPS) is 12.0. The molecular weight excluding hydrogens is 284 g/mol. The smallest absolute Gasteiger partial charge is 0.244 e. The van der Waals surface area contributed by atoms with Gasteiger partial charge in [-0.3, -0.25) is 9.78 Å². The van der Waals surface area contributed by atoms with Gasteiger partial charge in [-0.2, -0.15) is 0 Å². The van der Waals surface area contributed by atoms with Crippen LogP contribution in [0.2, 0.25) is 0 Å². The molecule has 1 heterocycles. The molecule has 2 aromatic rings. The lowest BCUT2D eigenvalue weighted by Crippen LogP contribution is -2.37. The van der Waals surface area contributed by atoms with Gasteiger partial charge in [0.1, 0.15) is 11.0 Å². The van der Waals surface area contributed by atoms with Gasteiger partial charge in [-0.05, 0) is 13.0 Å². The molecule has 0 saturated carbocycles. The van der Waals surface area contributed by atoms with Gasteiger partial charge in [0.05, 0.1) is 16.8 Å². The number of carbonyl (C=O) groups is 1. The number of nitrogens with two attached hydrogens (primary N) is 1. The first-order chi connectivity index (χ1) is 9.91. The molecule has 1 amide bonds. The molecule has 6 heteroatoms. The number of rotatable bonds is 4. The van der Waals surface area contributed by atoms with Gasteiger partial charge >= 0.3 is 0 Å². The molecule has 0 spiro atoms. The molecule has 0 saturated heterocycles. The topological polar surface area (TPSA) is 71.2 Å². The SMILES string of the molecule is CC(Nc1c(C(N)=S)cnc2ccccc12)C(=O)N(C)C. The fourth-order valence-corrected chi connectivity index (χ4v) is 2.30. The largest absolute Gasteiger partial charge is 0.389 e. The van der Waals surface area contributed by atoms with Crippen LogP contribution in [0.1, 0.15) is 12.5 Å². The van der Waals surface area contributed by atoms with Crippen molar-refractivity contribution in [1.82, 2.24) is 9.88 Å². The molecule has 1 aromatic heterocycles. The minimum absolute atomic E-state index is 0.0233. The number of aromatic nitrogens is 1. The molecule has 1 atom stereocenters. The number of amides is 1. The van der Waals surface area contributed by atoms with E-state index < -0.39 is 0 Å². The van der Waals surface area contributed by atoms with E-state index in [1.165, 1.54) is 0 Å². The van der Waals surface area contributed by atoms with Crippen LogP contribution in [0.3, 0.4) is 0 Å². The van der Waals surface area contributed by atoms with Gasteiger partial charge in [-0.15, -0.1) is 0 Å². The third-order valence-electron chi connectivity index (χ3n) is 3.21. The molecule has 3 N–H and O–H groups in total. The summed E-state index contributed by atoms with van der Waals surface area (Å²) in [4.78, 5) is 18.2. The van der Waals surface area contributed by atoms with Crippen molar-refractivity contribution in [2.24, 2.45) is 5.73 Å². The summed E-state index contributed by atoms with van der Waals surface area (Å²) < 4.78 is 0. The highest BCUT2D eigenvalue weighted by Gasteiger charge is 2.18. The number of likely N-dealkylation sites (N-methyl/N-ethyl adjacent to an activating group) is 1. The van der Waals surface area contributed by atoms with E-state index in [9.17, 15) is 4.79 Å². The Hall–Kier alpha value is -2.21. The van der Waals surface area contributed by atoms with Gasteiger partial charge in [0.2, 0.25) is 5.91 Å². The summed E-state index contributed by atoms with van der Waals surface area (Å²) in [6, 6.07) is 7.27. The Morgan fingerprint density at radius 3 is 2.67 bits per heavy atom. The first-order valence-corrected chi connectivity index (χ1v) is 6.98. The number of nitrogens with one attached hydrogen (secondary N) is 1. The Morgan fingerprint density at radius 2 is 2.05 bits per heavy atom. The zero-order chi connectivity index (χ0) is 15.6. The molecule has 110 valence electrons. The van der Waals surface area contributed by atoms with E-state index in [1.807, 2.05) is 24.3 Å². The second-order valence-electron chi connectivity index (χ2n) is 5.03. The number of carbonyl (C=O) groups excluding carboxylic acids is 1. The van der Waals surface area contributed by atoms with E-state index in [-0.39, 0.29) is 16.9 Å². The van der Waals surface area contributed by atoms with Crippen molar-refractivity contribution in [3.63, 3.8) is 0 Å². The standard InChI is InChI=1S/C15H18N4OS/c1-9(15(20)19(2)3)18-13-10-6-4-5-7-12(10)17-8-11(13)14(16)21/h4-9H,1-3H3,(H2,16,21)(H,17,18). The van der Waals surface area contributed by atoms with Crippen LogP contribution in [0, 0.1) is 0 Å². The summed E-state index contributed by atoms with van der Waals surface area (Å²) in [6.07, 6.45) is 1.64. The number of hydrogen-bond acceptors (Lipinski definition) is 4. The number of fused-ring (bicyclic) bond motifs is 1. The van der Waals surface area contributed by atoms with Gasteiger partial charge < -0.3 is 16.0 Å². The summed E-state index contributed by atoms with van der Waals surface area (Å²) in [6.45, 7) is 1.81. The van der Waals surface area contributed by atoms with Crippen LogP contribution in [0.25, 0.3) is 10.9 Å². The molecule has 5 nitrogen and oxygen atoms in total. The van der Waals surface area contributed by atoms with Crippen molar-refractivity contribution in [3.8, 4) is 0 Å². The molecule has 0 bridgehead atoms. The van der Waals surface area contributed by atoms with Crippen molar-refractivity contribution >= 4 is 39.7 Å². The predicted octanol–water partition coefficient (Wildman–Crippen LogP) is 1.76. The summed E-state index contributed by atoms with van der Waals surface area (Å²) in [5.74, 6) is -0.0233. The predicted molar refractivity (Wildman–Crippen MR) is 89.4 cm³/mol. The van der Waals surface area contributed by atoms with E-state index >= 15 is 0 Å². The fraction of sp³-hybridized carbons (Fsp3) is 0.267. The maximum Gasteiger partial charge on any atom is 0.244 e. The number of para-hydroxylation sites is 1. The van der Waals surface area contributed by atoms with Crippen molar-refractivity contribution < 1.29 is 4.79 Å². The molecule has 0 fully saturated rings. The first-order valence-electron chi connectivity index (χ1n) is 6.57. The average Bonchev–Trinajstić information content (AvgIpc) is 2.46. The summed E-state index contributed by atoms with van der Waals surface area (Å²) >= 11 is 5.09. The minimum Gasteiger partial charge on any atom is -0.389 e. The Balaban J connectivity index is 2.52. The zero-order valence-corrected chi connectivity index (χ0v) is 13.1. The van der Waals surface area contributed by atoms with Crippen molar-refractivity contribution in [3.05, 3.63) is 36.0 Å². The molecule has 0 aliphatic rings. The second kappa shape index (κ2) is 6.05. The summed E-state index contributed by atoms with van der Waals surface area (Å²) in [7, 11) is 3.44. The quantitative estimate of drug-likeness (QED) is 0.842.